The van der Waals surface area contributed by atoms with Crippen LogP contribution in [-0.2, 0) is 5.60 Å². The Morgan fingerprint density at radius 3 is 2.71 bits per heavy atom. The Bertz CT molecular complexity index is 280. The van der Waals surface area contributed by atoms with Crippen LogP contribution in [0.2, 0.25) is 0 Å². The molecule has 0 radical (unpaired) electrons. The van der Waals surface area contributed by atoms with Crippen LogP contribution in [0.4, 0.5) is 0 Å². The van der Waals surface area contributed by atoms with Gasteiger partial charge in [0, 0.05) is 17.5 Å². The normalized spacial score (nSPS) is 15.1. The van der Waals surface area contributed by atoms with E-state index in [1.807, 2.05) is 33.0 Å². The average Bonchev–Trinajstić information content (AvgIpc) is 2.16. The highest BCUT2D eigenvalue weighted by molar-refractivity contribution is 5.19. The van der Waals surface area contributed by atoms with E-state index in [1.54, 1.807) is 6.20 Å². The van der Waals surface area contributed by atoms with Crippen molar-refractivity contribution in [3.63, 3.8) is 0 Å². The van der Waals surface area contributed by atoms with Crippen molar-refractivity contribution in [1.82, 2.24) is 10.3 Å². The molecule has 2 N–H and O–H groups in total. The molecular formula is C11H18N2O. The summed E-state index contributed by atoms with van der Waals surface area (Å²) >= 11 is 0. The van der Waals surface area contributed by atoms with Gasteiger partial charge in [-0.1, -0.05) is 6.07 Å². The number of rotatable bonds is 4. The summed E-state index contributed by atoms with van der Waals surface area (Å²) in [5.41, 5.74) is 1.06. The number of aliphatic hydroxyl groups is 1. The second-order valence-electron chi connectivity index (χ2n) is 3.82. The summed E-state index contributed by atoms with van der Waals surface area (Å²) in [6.45, 7) is 4.55. The highest BCUT2D eigenvalue weighted by atomic mass is 16.3. The first-order valence-electron chi connectivity index (χ1n) is 4.86. The molecule has 0 aliphatic carbocycles. The first-order valence-corrected chi connectivity index (χ1v) is 4.86. The van der Waals surface area contributed by atoms with E-state index in [0.717, 1.165) is 17.8 Å². The molecule has 1 atom stereocenters. The molecule has 0 saturated heterocycles. The van der Waals surface area contributed by atoms with Gasteiger partial charge in [-0.05, 0) is 39.9 Å². The maximum Gasteiger partial charge on any atom is 0.0895 e. The number of aryl methyl sites for hydroxylation is 1. The Morgan fingerprint density at radius 1 is 1.50 bits per heavy atom. The largest absolute Gasteiger partial charge is 0.385 e. The highest BCUT2D eigenvalue weighted by Gasteiger charge is 2.22. The SMILES string of the molecule is CNCCC(C)(O)c1ccc(C)nc1. The molecule has 0 amide bonds. The molecule has 1 rings (SSSR count). The first kappa shape index (κ1) is 11.1. The summed E-state index contributed by atoms with van der Waals surface area (Å²) < 4.78 is 0. The molecule has 3 nitrogen and oxygen atoms in total. The summed E-state index contributed by atoms with van der Waals surface area (Å²) in [6.07, 6.45) is 2.43. The minimum atomic E-state index is -0.788. The van der Waals surface area contributed by atoms with E-state index >= 15 is 0 Å². The summed E-state index contributed by atoms with van der Waals surface area (Å²) in [4.78, 5) is 4.17. The van der Waals surface area contributed by atoms with E-state index in [0.29, 0.717) is 6.42 Å². The fourth-order valence-corrected chi connectivity index (χ4v) is 1.30. The molecule has 1 aromatic rings. The van der Waals surface area contributed by atoms with Crippen LogP contribution in [0.15, 0.2) is 18.3 Å². The quantitative estimate of drug-likeness (QED) is 0.757. The lowest BCUT2D eigenvalue weighted by Crippen LogP contribution is -2.26. The van der Waals surface area contributed by atoms with Gasteiger partial charge in [0.2, 0.25) is 0 Å². The Morgan fingerprint density at radius 2 is 2.21 bits per heavy atom. The molecule has 0 bridgehead atoms. The van der Waals surface area contributed by atoms with Gasteiger partial charge < -0.3 is 10.4 Å². The van der Waals surface area contributed by atoms with Crippen molar-refractivity contribution in [2.45, 2.75) is 25.9 Å². The van der Waals surface area contributed by atoms with Crippen LogP contribution in [0.1, 0.15) is 24.6 Å². The molecule has 14 heavy (non-hydrogen) atoms. The van der Waals surface area contributed by atoms with Gasteiger partial charge >= 0.3 is 0 Å². The lowest BCUT2D eigenvalue weighted by atomic mass is 9.94. The number of pyridine rings is 1. The molecule has 3 heteroatoms. The lowest BCUT2D eigenvalue weighted by Gasteiger charge is -2.23. The smallest absolute Gasteiger partial charge is 0.0895 e. The standard InChI is InChI=1S/C11H18N2O/c1-9-4-5-10(8-13-9)11(2,14)6-7-12-3/h4-5,8,12,14H,6-7H2,1-3H3. The van der Waals surface area contributed by atoms with Crippen LogP contribution in [0.3, 0.4) is 0 Å². The highest BCUT2D eigenvalue weighted by Crippen LogP contribution is 2.22. The van der Waals surface area contributed by atoms with Crippen LogP contribution >= 0.6 is 0 Å². The summed E-state index contributed by atoms with van der Waals surface area (Å²) in [5.74, 6) is 0. The predicted molar refractivity (Wildman–Crippen MR) is 57.1 cm³/mol. The monoisotopic (exact) mass is 194 g/mol. The van der Waals surface area contributed by atoms with Crippen molar-refractivity contribution in [2.75, 3.05) is 13.6 Å². The van der Waals surface area contributed by atoms with Gasteiger partial charge in [-0.15, -0.1) is 0 Å². The Labute approximate surface area is 85.2 Å². The lowest BCUT2D eigenvalue weighted by molar-refractivity contribution is 0.0482. The van der Waals surface area contributed by atoms with Crippen LogP contribution < -0.4 is 5.32 Å². The average molecular weight is 194 g/mol. The topological polar surface area (TPSA) is 45.1 Å². The van der Waals surface area contributed by atoms with E-state index < -0.39 is 5.60 Å². The third-order valence-electron chi connectivity index (χ3n) is 2.40. The number of nitrogens with zero attached hydrogens (tertiary/aromatic N) is 1. The Balaban J connectivity index is 2.75. The van der Waals surface area contributed by atoms with Crippen LogP contribution in [0, 0.1) is 6.92 Å². The van der Waals surface area contributed by atoms with E-state index in [4.69, 9.17) is 0 Å². The molecule has 0 saturated carbocycles. The fraction of sp³-hybridized carbons (Fsp3) is 0.545. The molecule has 0 fully saturated rings. The fourth-order valence-electron chi connectivity index (χ4n) is 1.30. The van der Waals surface area contributed by atoms with Crippen molar-refractivity contribution in [1.29, 1.82) is 0 Å². The van der Waals surface area contributed by atoms with Gasteiger partial charge in [-0.25, -0.2) is 0 Å². The molecule has 0 aliphatic heterocycles. The predicted octanol–water partition coefficient (Wildman–Crippen LogP) is 1.21. The zero-order valence-electron chi connectivity index (χ0n) is 9.04. The molecule has 1 aromatic heterocycles. The third-order valence-corrected chi connectivity index (χ3v) is 2.40. The zero-order chi connectivity index (χ0) is 10.6. The van der Waals surface area contributed by atoms with Gasteiger partial charge in [0.15, 0.2) is 0 Å². The summed E-state index contributed by atoms with van der Waals surface area (Å²) in [5, 5.41) is 13.2. The Hall–Kier alpha value is -0.930. The maximum atomic E-state index is 10.1. The van der Waals surface area contributed by atoms with Gasteiger partial charge in [0.25, 0.3) is 0 Å². The second-order valence-corrected chi connectivity index (χ2v) is 3.82. The number of hydrogen-bond acceptors (Lipinski definition) is 3. The summed E-state index contributed by atoms with van der Waals surface area (Å²) in [6, 6.07) is 3.85. The van der Waals surface area contributed by atoms with Crippen molar-refractivity contribution < 1.29 is 5.11 Å². The van der Waals surface area contributed by atoms with E-state index in [2.05, 4.69) is 10.3 Å². The minimum Gasteiger partial charge on any atom is -0.385 e. The number of nitrogens with one attached hydrogen (secondary N) is 1. The number of hydrogen-bond donors (Lipinski definition) is 2. The molecule has 1 heterocycles. The van der Waals surface area contributed by atoms with Crippen molar-refractivity contribution in [3.8, 4) is 0 Å². The minimum absolute atomic E-state index is 0.689. The van der Waals surface area contributed by atoms with Crippen molar-refractivity contribution in [2.24, 2.45) is 0 Å². The third kappa shape index (κ3) is 2.79. The van der Waals surface area contributed by atoms with Crippen molar-refractivity contribution >= 4 is 0 Å². The molecule has 1 unspecified atom stereocenters. The van der Waals surface area contributed by atoms with Crippen molar-refractivity contribution in [3.05, 3.63) is 29.6 Å². The van der Waals surface area contributed by atoms with E-state index in [9.17, 15) is 5.11 Å². The van der Waals surface area contributed by atoms with Gasteiger partial charge in [-0.2, -0.15) is 0 Å². The second kappa shape index (κ2) is 4.53. The van der Waals surface area contributed by atoms with Crippen LogP contribution in [-0.4, -0.2) is 23.7 Å². The maximum absolute atomic E-state index is 10.1. The van der Waals surface area contributed by atoms with Gasteiger partial charge in [-0.3, -0.25) is 4.98 Å². The van der Waals surface area contributed by atoms with Gasteiger partial charge in [0.05, 0.1) is 5.60 Å². The van der Waals surface area contributed by atoms with E-state index in [1.165, 1.54) is 0 Å². The molecule has 0 aromatic carbocycles. The zero-order valence-corrected chi connectivity index (χ0v) is 9.04. The molecule has 0 spiro atoms. The molecule has 78 valence electrons. The summed E-state index contributed by atoms with van der Waals surface area (Å²) in [7, 11) is 1.88. The van der Waals surface area contributed by atoms with Crippen LogP contribution in [0.5, 0.6) is 0 Å². The van der Waals surface area contributed by atoms with Crippen LogP contribution in [0.25, 0.3) is 0 Å². The van der Waals surface area contributed by atoms with E-state index in [-0.39, 0.29) is 0 Å². The number of aromatic nitrogens is 1. The molecule has 0 aliphatic rings. The van der Waals surface area contributed by atoms with Gasteiger partial charge in [0.1, 0.15) is 0 Å². The first-order chi connectivity index (χ1) is 6.56. The molecular weight excluding hydrogens is 176 g/mol. The Kier molecular flexibility index (Phi) is 3.61.